The normalized spacial score (nSPS) is 21.9. The number of hydrogen-bond donors (Lipinski definition) is 1. The van der Waals surface area contributed by atoms with Crippen molar-refractivity contribution in [1.29, 1.82) is 0 Å². The van der Waals surface area contributed by atoms with Crippen LogP contribution in [0.15, 0.2) is 0 Å². The number of alkyl halides is 3. The van der Waals surface area contributed by atoms with E-state index in [0.29, 0.717) is 0 Å². The minimum absolute atomic E-state index is 0.0444. The lowest BCUT2D eigenvalue weighted by molar-refractivity contribution is -0.321. The van der Waals surface area contributed by atoms with Crippen LogP contribution >= 0.6 is 0 Å². The Morgan fingerprint density at radius 1 is 1.47 bits per heavy atom. The highest BCUT2D eigenvalue weighted by Gasteiger charge is 2.64. The van der Waals surface area contributed by atoms with Gasteiger partial charge in [-0.2, -0.15) is 13.2 Å². The van der Waals surface area contributed by atoms with E-state index in [2.05, 4.69) is 0 Å². The number of ether oxygens (including phenoxy) is 1. The zero-order valence-electron chi connectivity index (χ0n) is 9.75. The predicted molar refractivity (Wildman–Crippen MR) is 53.7 cm³/mol. The number of carbonyl (C=O) groups is 1. The van der Waals surface area contributed by atoms with Crippen LogP contribution in [0, 0.1) is 0 Å². The van der Waals surface area contributed by atoms with E-state index >= 15 is 0 Å². The molecule has 0 aromatic rings. The van der Waals surface area contributed by atoms with Gasteiger partial charge in [-0.05, 0) is 13.3 Å². The van der Waals surface area contributed by atoms with Gasteiger partial charge < -0.3 is 9.84 Å². The quantitative estimate of drug-likeness (QED) is 0.809. The van der Waals surface area contributed by atoms with E-state index in [4.69, 9.17) is 9.84 Å². The summed E-state index contributed by atoms with van der Waals surface area (Å²) < 4.78 is 43.1. The number of carboxylic acids is 1. The molecule has 0 bridgehead atoms. The fourth-order valence-corrected chi connectivity index (χ4v) is 2.05. The molecule has 1 aliphatic rings. The van der Waals surface area contributed by atoms with E-state index in [-0.39, 0.29) is 13.0 Å². The van der Waals surface area contributed by atoms with Gasteiger partial charge in [0.2, 0.25) is 0 Å². The summed E-state index contributed by atoms with van der Waals surface area (Å²) in [6.45, 7) is 2.26. The van der Waals surface area contributed by atoms with E-state index in [1.165, 1.54) is 11.8 Å². The molecular weight excluding hydrogens is 239 g/mol. The van der Waals surface area contributed by atoms with Crippen molar-refractivity contribution in [2.45, 2.75) is 38.1 Å². The average Bonchev–Trinajstić information content (AvgIpc) is 2.12. The van der Waals surface area contributed by atoms with Crippen LogP contribution in [0.4, 0.5) is 13.2 Å². The van der Waals surface area contributed by atoms with Crippen molar-refractivity contribution in [3.8, 4) is 0 Å². The van der Waals surface area contributed by atoms with E-state index in [1.807, 2.05) is 0 Å². The summed E-state index contributed by atoms with van der Waals surface area (Å²) in [6, 6.07) is -0.870. The Labute approximate surface area is 97.3 Å². The Kier molecular flexibility index (Phi) is 4.03. The third kappa shape index (κ3) is 2.55. The van der Waals surface area contributed by atoms with Crippen LogP contribution in [0.5, 0.6) is 0 Å². The first-order valence-electron chi connectivity index (χ1n) is 5.45. The fourth-order valence-electron chi connectivity index (χ4n) is 2.05. The van der Waals surface area contributed by atoms with Gasteiger partial charge in [-0.1, -0.05) is 6.92 Å². The maximum Gasteiger partial charge on any atom is 0.419 e. The molecule has 0 aliphatic carbocycles. The maximum absolute atomic E-state index is 12.8. The van der Waals surface area contributed by atoms with E-state index in [1.54, 1.807) is 6.92 Å². The summed E-state index contributed by atoms with van der Waals surface area (Å²) >= 11 is 0. The van der Waals surface area contributed by atoms with Gasteiger partial charge >= 0.3 is 12.1 Å². The topological polar surface area (TPSA) is 49.8 Å². The van der Waals surface area contributed by atoms with Crippen LogP contribution in [0.1, 0.15) is 20.3 Å². The summed E-state index contributed by atoms with van der Waals surface area (Å²) in [4.78, 5) is 12.1. The van der Waals surface area contributed by atoms with E-state index in [0.717, 1.165) is 0 Å². The Morgan fingerprint density at radius 3 is 2.29 bits per heavy atom. The lowest BCUT2D eigenvalue weighted by Gasteiger charge is -2.51. The summed E-state index contributed by atoms with van der Waals surface area (Å²) in [7, 11) is 0. The molecule has 0 saturated carbocycles. The van der Waals surface area contributed by atoms with Crippen molar-refractivity contribution >= 4 is 5.97 Å². The molecular formula is C10H16F3NO3. The highest BCUT2D eigenvalue weighted by atomic mass is 19.4. The van der Waals surface area contributed by atoms with Gasteiger partial charge in [0.05, 0.1) is 0 Å². The molecule has 100 valence electrons. The van der Waals surface area contributed by atoms with Gasteiger partial charge in [0.25, 0.3) is 0 Å². The number of likely N-dealkylation sites (tertiary alicyclic amines) is 1. The predicted octanol–water partition coefficient (Wildman–Crippen LogP) is 1.50. The third-order valence-electron chi connectivity index (χ3n) is 2.97. The van der Waals surface area contributed by atoms with Gasteiger partial charge in [-0.25, -0.2) is 0 Å². The zero-order valence-corrected chi connectivity index (χ0v) is 9.75. The van der Waals surface area contributed by atoms with Crippen LogP contribution in [0.3, 0.4) is 0 Å². The smallest absolute Gasteiger partial charge is 0.419 e. The molecule has 1 N–H and O–H groups in total. The third-order valence-corrected chi connectivity index (χ3v) is 2.97. The average molecular weight is 255 g/mol. The van der Waals surface area contributed by atoms with Crippen molar-refractivity contribution in [3.63, 3.8) is 0 Å². The standard InChI is InChI=1S/C10H16F3NO3/c1-3-7(8(15)16)14-5-9(6-14,17-4-2)10(11,12)13/h7H,3-6H2,1-2H3,(H,15,16)/t7-/m1/s1. The molecule has 0 aromatic carbocycles. The molecule has 0 spiro atoms. The number of nitrogens with zero attached hydrogens (tertiary/aromatic N) is 1. The molecule has 0 radical (unpaired) electrons. The van der Waals surface area contributed by atoms with Gasteiger partial charge in [0.15, 0.2) is 5.60 Å². The van der Waals surface area contributed by atoms with Gasteiger partial charge in [0.1, 0.15) is 6.04 Å². The summed E-state index contributed by atoms with van der Waals surface area (Å²) in [6.07, 6.45) is -4.19. The Balaban J connectivity index is 2.71. The van der Waals surface area contributed by atoms with Crippen molar-refractivity contribution in [3.05, 3.63) is 0 Å². The second-order valence-electron chi connectivity index (χ2n) is 4.09. The van der Waals surface area contributed by atoms with Crippen molar-refractivity contribution in [1.82, 2.24) is 4.90 Å². The van der Waals surface area contributed by atoms with Gasteiger partial charge in [0, 0.05) is 19.7 Å². The molecule has 1 heterocycles. The van der Waals surface area contributed by atoms with E-state index < -0.39 is 36.9 Å². The number of rotatable bonds is 5. The second kappa shape index (κ2) is 4.81. The molecule has 1 fully saturated rings. The Hall–Kier alpha value is -0.820. The monoisotopic (exact) mass is 255 g/mol. The highest BCUT2D eigenvalue weighted by molar-refractivity contribution is 5.73. The molecule has 7 heteroatoms. The number of hydrogen-bond acceptors (Lipinski definition) is 3. The summed E-state index contributed by atoms with van der Waals surface area (Å²) in [5.74, 6) is -1.10. The van der Waals surface area contributed by atoms with Crippen LogP contribution in [0.25, 0.3) is 0 Å². The SMILES string of the molecule is CCOC1(C(F)(F)F)CN([C@H](CC)C(=O)O)C1. The minimum Gasteiger partial charge on any atom is -0.480 e. The lowest BCUT2D eigenvalue weighted by atomic mass is 9.90. The van der Waals surface area contributed by atoms with Crippen molar-refractivity contribution in [2.75, 3.05) is 19.7 Å². The molecule has 17 heavy (non-hydrogen) atoms. The molecule has 4 nitrogen and oxygen atoms in total. The Bertz CT molecular complexity index is 287. The lowest BCUT2D eigenvalue weighted by Crippen LogP contribution is -2.73. The van der Waals surface area contributed by atoms with Gasteiger partial charge in [-0.3, -0.25) is 9.69 Å². The molecule has 1 aliphatic heterocycles. The van der Waals surface area contributed by atoms with Gasteiger partial charge in [-0.15, -0.1) is 0 Å². The van der Waals surface area contributed by atoms with Crippen LogP contribution in [0.2, 0.25) is 0 Å². The van der Waals surface area contributed by atoms with Crippen LogP contribution in [-0.2, 0) is 9.53 Å². The molecule has 0 aromatic heterocycles. The number of carboxylic acid groups (broad SMARTS) is 1. The molecule has 0 amide bonds. The first-order valence-corrected chi connectivity index (χ1v) is 5.45. The number of aliphatic carboxylic acids is 1. The fraction of sp³-hybridized carbons (Fsp3) is 0.900. The molecule has 0 unspecified atom stereocenters. The second-order valence-corrected chi connectivity index (χ2v) is 4.09. The Morgan fingerprint density at radius 2 is 2.00 bits per heavy atom. The first kappa shape index (κ1) is 14.2. The minimum atomic E-state index is -4.46. The largest absolute Gasteiger partial charge is 0.480 e. The summed E-state index contributed by atoms with van der Waals surface area (Å²) in [5.41, 5.74) is -2.19. The molecule has 1 saturated heterocycles. The van der Waals surface area contributed by atoms with Crippen LogP contribution in [-0.4, -0.2) is 53.5 Å². The molecule has 1 rings (SSSR count). The summed E-state index contributed by atoms with van der Waals surface area (Å²) in [5, 5.41) is 8.85. The number of halogens is 3. The van der Waals surface area contributed by atoms with E-state index in [9.17, 15) is 18.0 Å². The zero-order chi connectivity index (χ0) is 13.3. The molecule has 1 atom stereocenters. The van der Waals surface area contributed by atoms with Crippen molar-refractivity contribution in [2.24, 2.45) is 0 Å². The first-order chi connectivity index (χ1) is 7.77. The maximum atomic E-state index is 12.8. The highest BCUT2D eigenvalue weighted by Crippen LogP contribution is 2.41. The van der Waals surface area contributed by atoms with Crippen LogP contribution < -0.4 is 0 Å². The van der Waals surface area contributed by atoms with Crippen molar-refractivity contribution < 1.29 is 27.8 Å².